The Kier molecular flexibility index (Phi) is 6.45. The van der Waals surface area contributed by atoms with Crippen molar-refractivity contribution >= 4 is 23.4 Å². The second kappa shape index (κ2) is 9.20. The minimum Gasteiger partial charge on any atom is -0.363 e. The van der Waals surface area contributed by atoms with Crippen LogP contribution in [0.4, 0.5) is 35.0 Å². The summed E-state index contributed by atoms with van der Waals surface area (Å²) >= 11 is 0. The van der Waals surface area contributed by atoms with Crippen LogP contribution in [0.3, 0.4) is 0 Å². The smallest absolute Gasteiger partial charge is 0.229 e. The van der Waals surface area contributed by atoms with E-state index in [1.165, 1.54) is 13.1 Å². The van der Waals surface area contributed by atoms with Crippen LogP contribution in [0.2, 0.25) is 0 Å². The molecule has 2 aromatic heterocycles. The lowest BCUT2D eigenvalue weighted by Gasteiger charge is -2.10. The first-order chi connectivity index (χ1) is 14.3. The molecule has 0 saturated carbocycles. The number of anilines is 3. The van der Waals surface area contributed by atoms with E-state index in [4.69, 9.17) is 0 Å². The second-order valence-corrected chi connectivity index (χ2v) is 6.19. The lowest BCUT2D eigenvalue weighted by Crippen LogP contribution is -2.24. The number of rotatable bonds is 8. The van der Waals surface area contributed by atoms with Crippen molar-refractivity contribution in [3.8, 4) is 0 Å². The lowest BCUT2D eigenvalue weighted by molar-refractivity contribution is -0.118. The van der Waals surface area contributed by atoms with Crippen molar-refractivity contribution in [3.05, 3.63) is 59.6 Å². The minimum atomic E-state index is -1.10. The second-order valence-electron chi connectivity index (χ2n) is 6.19. The van der Waals surface area contributed by atoms with E-state index in [-0.39, 0.29) is 17.7 Å². The fourth-order valence-corrected chi connectivity index (χ4v) is 2.49. The van der Waals surface area contributed by atoms with Gasteiger partial charge < -0.3 is 16.0 Å². The fraction of sp³-hybridized carbons (Fsp3) is 0.222. The van der Waals surface area contributed by atoms with Crippen LogP contribution in [0.5, 0.6) is 0 Å². The van der Waals surface area contributed by atoms with Crippen LogP contribution in [0.25, 0.3) is 0 Å². The molecule has 12 heteroatoms. The van der Waals surface area contributed by atoms with Gasteiger partial charge >= 0.3 is 0 Å². The third-order valence-electron chi connectivity index (χ3n) is 3.89. The Bertz CT molecular complexity index is 1030. The van der Waals surface area contributed by atoms with Crippen molar-refractivity contribution in [2.24, 2.45) is 0 Å². The monoisotopic (exact) mass is 423 g/mol. The molecule has 1 amide bonds. The Morgan fingerprint density at radius 2 is 1.83 bits per heavy atom. The van der Waals surface area contributed by atoms with Gasteiger partial charge in [-0.15, -0.1) is 0 Å². The predicted octanol–water partition coefficient (Wildman–Crippen LogP) is 2.72. The topological polar surface area (TPSA) is 96.8 Å². The summed E-state index contributed by atoms with van der Waals surface area (Å²) < 4.78 is 56.0. The summed E-state index contributed by atoms with van der Waals surface area (Å²) in [6.45, 7) is 1.79. The number of hydrogen-bond acceptors (Lipinski definition) is 6. The molecule has 0 aliphatic heterocycles. The lowest BCUT2D eigenvalue weighted by atomic mass is 10.2. The molecular weight excluding hydrogens is 406 g/mol. The number of carbonyl (C=O) groups is 1. The van der Waals surface area contributed by atoms with Gasteiger partial charge in [-0.3, -0.25) is 9.48 Å². The number of benzene rings is 1. The van der Waals surface area contributed by atoms with Crippen molar-refractivity contribution < 1.29 is 22.4 Å². The predicted molar refractivity (Wildman–Crippen MR) is 99.8 cm³/mol. The molecule has 0 fully saturated rings. The summed E-state index contributed by atoms with van der Waals surface area (Å²) in [5, 5.41) is 12.0. The van der Waals surface area contributed by atoms with Gasteiger partial charge in [0.15, 0.2) is 11.6 Å². The van der Waals surface area contributed by atoms with E-state index < -0.39 is 35.4 Å². The molecule has 3 rings (SSSR count). The molecule has 0 aliphatic rings. The molecule has 0 saturated heterocycles. The van der Waals surface area contributed by atoms with E-state index in [9.17, 15) is 22.4 Å². The van der Waals surface area contributed by atoms with E-state index in [1.807, 2.05) is 0 Å². The number of hydrogen-bond donors (Lipinski definition) is 3. The summed E-state index contributed by atoms with van der Waals surface area (Å²) in [5.41, 5.74) is 0.0513. The van der Waals surface area contributed by atoms with Crippen LogP contribution < -0.4 is 16.0 Å². The van der Waals surface area contributed by atoms with Crippen LogP contribution in [0, 0.1) is 23.3 Å². The van der Waals surface area contributed by atoms with Crippen molar-refractivity contribution in [2.75, 3.05) is 17.2 Å². The summed E-state index contributed by atoms with van der Waals surface area (Å²) in [6.07, 6.45) is 4.00. The number of nitrogens with one attached hydrogen (secondary N) is 3. The van der Waals surface area contributed by atoms with Crippen molar-refractivity contribution in [3.63, 3.8) is 0 Å². The highest BCUT2D eigenvalue weighted by molar-refractivity contribution is 5.72. The molecule has 0 atom stereocenters. The summed E-state index contributed by atoms with van der Waals surface area (Å²) in [6, 6.07) is 1.07. The van der Waals surface area contributed by atoms with Gasteiger partial charge in [0.1, 0.15) is 17.5 Å². The first-order valence-corrected chi connectivity index (χ1v) is 8.75. The third-order valence-corrected chi connectivity index (χ3v) is 3.89. The van der Waals surface area contributed by atoms with E-state index in [1.54, 1.807) is 10.9 Å². The van der Waals surface area contributed by atoms with Gasteiger partial charge in [-0.2, -0.15) is 10.1 Å². The van der Waals surface area contributed by atoms with Gasteiger partial charge in [0.05, 0.1) is 24.6 Å². The van der Waals surface area contributed by atoms with Crippen LogP contribution in [-0.4, -0.2) is 32.2 Å². The fourth-order valence-electron chi connectivity index (χ4n) is 2.49. The summed E-state index contributed by atoms with van der Waals surface area (Å²) in [7, 11) is 0. The highest BCUT2D eigenvalue weighted by Gasteiger charge is 2.14. The maximum absolute atomic E-state index is 14.0. The van der Waals surface area contributed by atoms with Crippen LogP contribution >= 0.6 is 0 Å². The number of amides is 1. The largest absolute Gasteiger partial charge is 0.363 e. The zero-order chi connectivity index (χ0) is 21.7. The van der Waals surface area contributed by atoms with E-state index in [2.05, 4.69) is 31.0 Å². The van der Waals surface area contributed by atoms with Gasteiger partial charge in [-0.25, -0.2) is 22.5 Å². The van der Waals surface area contributed by atoms with Crippen LogP contribution in [0.1, 0.15) is 12.5 Å². The van der Waals surface area contributed by atoms with Gasteiger partial charge in [0.2, 0.25) is 11.9 Å². The average molecular weight is 423 g/mol. The number of nitrogens with zero attached hydrogens (tertiary/aromatic N) is 4. The Morgan fingerprint density at radius 3 is 2.53 bits per heavy atom. The normalized spacial score (nSPS) is 10.7. The Labute approximate surface area is 168 Å². The molecule has 2 heterocycles. The average Bonchev–Trinajstić information content (AvgIpc) is 3.10. The Balaban J connectivity index is 1.66. The summed E-state index contributed by atoms with van der Waals surface area (Å²) in [4.78, 5) is 18.6. The van der Waals surface area contributed by atoms with Crippen molar-refractivity contribution in [1.82, 2.24) is 25.1 Å². The van der Waals surface area contributed by atoms with Gasteiger partial charge in [0, 0.05) is 43.9 Å². The highest BCUT2D eigenvalue weighted by atomic mass is 19.1. The molecule has 0 aliphatic carbocycles. The molecule has 3 aromatic rings. The summed E-state index contributed by atoms with van der Waals surface area (Å²) in [5.74, 6) is -4.52. The standard InChI is InChI=1S/C18H17F4N7O/c1-10(30)23-2-3-29-9-12(6-26-29)27-18-25-8-16(22)17(28-18)24-7-13-14(20)4-11(19)5-15(13)21/h4-6,8-9H,2-3,7H2,1H3,(H,23,30)(H2,24,25,27,28). The van der Waals surface area contributed by atoms with E-state index >= 15 is 0 Å². The van der Waals surface area contributed by atoms with Gasteiger partial charge in [-0.1, -0.05) is 0 Å². The Morgan fingerprint density at radius 1 is 1.10 bits per heavy atom. The molecule has 158 valence electrons. The van der Waals surface area contributed by atoms with E-state index in [0.717, 1.165) is 6.20 Å². The zero-order valence-corrected chi connectivity index (χ0v) is 15.7. The van der Waals surface area contributed by atoms with E-state index in [0.29, 0.717) is 30.9 Å². The third kappa shape index (κ3) is 5.43. The SMILES string of the molecule is CC(=O)NCCn1cc(Nc2ncc(F)c(NCc3c(F)cc(F)cc3F)n2)cn1. The van der Waals surface area contributed by atoms with Gasteiger partial charge in [-0.05, 0) is 0 Å². The number of halogens is 4. The first kappa shape index (κ1) is 21.0. The molecular formula is C18H17F4N7O. The highest BCUT2D eigenvalue weighted by Crippen LogP contribution is 2.19. The maximum Gasteiger partial charge on any atom is 0.229 e. The Hall–Kier alpha value is -3.70. The molecule has 1 aromatic carbocycles. The zero-order valence-electron chi connectivity index (χ0n) is 15.7. The number of aromatic nitrogens is 4. The molecule has 0 radical (unpaired) electrons. The molecule has 0 spiro atoms. The van der Waals surface area contributed by atoms with Crippen LogP contribution in [0.15, 0.2) is 30.7 Å². The van der Waals surface area contributed by atoms with Gasteiger partial charge in [0.25, 0.3) is 0 Å². The molecule has 3 N–H and O–H groups in total. The molecule has 0 bridgehead atoms. The quantitative estimate of drug-likeness (QED) is 0.482. The van der Waals surface area contributed by atoms with Crippen molar-refractivity contribution in [2.45, 2.75) is 20.0 Å². The molecule has 8 nitrogen and oxygen atoms in total. The minimum absolute atomic E-state index is 0.0142. The molecule has 0 unspecified atom stereocenters. The van der Waals surface area contributed by atoms with Crippen LogP contribution in [-0.2, 0) is 17.9 Å². The van der Waals surface area contributed by atoms with Crippen molar-refractivity contribution in [1.29, 1.82) is 0 Å². The molecule has 30 heavy (non-hydrogen) atoms. The number of carbonyl (C=O) groups excluding carboxylic acids is 1. The maximum atomic E-state index is 14.0. The first-order valence-electron chi connectivity index (χ1n) is 8.75.